The molecule has 4 rings (SSSR count). The molecule has 2 aliphatic rings. The van der Waals surface area contributed by atoms with Crippen molar-refractivity contribution in [2.45, 2.75) is 42.9 Å². The summed E-state index contributed by atoms with van der Waals surface area (Å²) in [7, 11) is 4.16. The zero-order valence-corrected chi connectivity index (χ0v) is 17.0. The molecule has 1 aromatic heterocycles. The van der Waals surface area contributed by atoms with Gasteiger partial charge >= 0.3 is 12.2 Å². The van der Waals surface area contributed by atoms with Crippen LogP contribution in [0.2, 0.25) is 0 Å². The topological polar surface area (TPSA) is 48.5 Å². The fraction of sp³-hybridized carbons (Fsp3) is 0.455. The largest absolute Gasteiger partial charge is 0.417 e. The molecule has 0 radical (unpaired) electrons. The van der Waals surface area contributed by atoms with Crippen LogP contribution in [0.15, 0.2) is 48.7 Å². The van der Waals surface area contributed by atoms with Gasteiger partial charge in [0.25, 0.3) is 0 Å². The Hall–Kier alpha value is -2.61. The van der Waals surface area contributed by atoms with Crippen molar-refractivity contribution < 1.29 is 18.0 Å². The van der Waals surface area contributed by atoms with Crippen LogP contribution in [0.5, 0.6) is 0 Å². The first-order valence-electron chi connectivity index (χ1n) is 10.0. The number of urea groups is 1. The molecule has 2 amide bonds. The summed E-state index contributed by atoms with van der Waals surface area (Å²) in [6.45, 7) is 0.405. The molecule has 1 aliphatic heterocycles. The summed E-state index contributed by atoms with van der Waals surface area (Å²) in [6.07, 6.45) is -0.361. The number of benzene rings is 1. The van der Waals surface area contributed by atoms with Gasteiger partial charge < -0.3 is 5.32 Å². The lowest BCUT2D eigenvalue weighted by atomic mass is 9.69. The number of carbonyl (C=O) groups is 1. The number of nitrogens with one attached hydrogen (secondary N) is 1. The van der Waals surface area contributed by atoms with Crippen molar-refractivity contribution in [3.8, 4) is 0 Å². The lowest BCUT2D eigenvalue weighted by Gasteiger charge is -2.48. The minimum absolute atomic E-state index is 0.0999. The predicted octanol–water partition coefficient (Wildman–Crippen LogP) is 4.40. The Kier molecular flexibility index (Phi) is 5.00. The Morgan fingerprint density at radius 3 is 2.23 bits per heavy atom. The van der Waals surface area contributed by atoms with Crippen LogP contribution < -0.4 is 10.2 Å². The lowest BCUT2D eigenvalue weighted by molar-refractivity contribution is -0.137. The molecule has 0 unspecified atom stereocenters. The van der Waals surface area contributed by atoms with Crippen LogP contribution in [0.25, 0.3) is 0 Å². The van der Waals surface area contributed by atoms with E-state index >= 15 is 0 Å². The van der Waals surface area contributed by atoms with Crippen LogP contribution in [0.1, 0.15) is 36.8 Å². The highest BCUT2D eigenvalue weighted by Crippen LogP contribution is 2.46. The Morgan fingerprint density at radius 2 is 1.70 bits per heavy atom. The van der Waals surface area contributed by atoms with Gasteiger partial charge in [0.15, 0.2) is 0 Å². The summed E-state index contributed by atoms with van der Waals surface area (Å²) < 4.78 is 38.4. The number of nitrogens with zero attached hydrogens (tertiary/aromatic N) is 3. The van der Waals surface area contributed by atoms with E-state index in [4.69, 9.17) is 0 Å². The molecule has 8 heteroatoms. The maximum absolute atomic E-state index is 12.8. The fourth-order valence-electron chi connectivity index (χ4n) is 4.77. The second-order valence-electron chi connectivity index (χ2n) is 8.49. The molecule has 0 bridgehead atoms. The number of halogens is 3. The second kappa shape index (κ2) is 7.27. The van der Waals surface area contributed by atoms with Gasteiger partial charge in [0.05, 0.1) is 17.6 Å². The molecule has 0 atom stereocenters. The van der Waals surface area contributed by atoms with Crippen LogP contribution in [0, 0.1) is 0 Å². The van der Waals surface area contributed by atoms with Crippen molar-refractivity contribution in [2.24, 2.45) is 0 Å². The third-order valence-corrected chi connectivity index (χ3v) is 6.63. The van der Waals surface area contributed by atoms with Crippen LogP contribution >= 0.6 is 0 Å². The predicted molar refractivity (Wildman–Crippen MR) is 108 cm³/mol. The number of alkyl halides is 3. The molecule has 1 saturated heterocycles. The molecule has 30 heavy (non-hydrogen) atoms. The van der Waals surface area contributed by atoms with Gasteiger partial charge in [0, 0.05) is 11.7 Å². The molecule has 2 fully saturated rings. The average Bonchev–Trinajstić information content (AvgIpc) is 3.04. The monoisotopic (exact) mass is 418 g/mol. The van der Waals surface area contributed by atoms with Gasteiger partial charge in [0.1, 0.15) is 5.82 Å². The van der Waals surface area contributed by atoms with Crippen LogP contribution in [-0.2, 0) is 11.7 Å². The molecule has 2 heterocycles. The van der Waals surface area contributed by atoms with E-state index in [1.54, 1.807) is 0 Å². The quantitative estimate of drug-likeness (QED) is 0.804. The number of anilines is 1. The van der Waals surface area contributed by atoms with E-state index in [1.807, 2.05) is 18.2 Å². The number of hydrogen-bond donors (Lipinski definition) is 1. The summed E-state index contributed by atoms with van der Waals surface area (Å²) in [5.41, 5.74) is -0.0557. The van der Waals surface area contributed by atoms with Crippen molar-refractivity contribution in [1.29, 1.82) is 0 Å². The van der Waals surface area contributed by atoms with Crippen molar-refractivity contribution in [1.82, 2.24) is 15.2 Å². The smallest absolute Gasteiger partial charge is 0.330 e. The summed E-state index contributed by atoms with van der Waals surface area (Å²) in [5.74, 6) is 0.241. The highest BCUT2D eigenvalue weighted by molar-refractivity contribution is 5.94. The third-order valence-electron chi connectivity index (χ3n) is 6.63. The standard InChI is InChI=1S/C22H25F3N4O/c1-28(2)21(16-6-4-3-5-7-16)12-10-20(11-13-21)15-29(19(30)27-20)18-9-8-17(14-26-18)22(23,24)25/h3-9,14H,10-13,15H2,1-2H3,(H,27,30). The minimum atomic E-state index is -4.45. The first-order valence-corrected chi connectivity index (χ1v) is 10.0. The van der Waals surface area contributed by atoms with E-state index in [0.29, 0.717) is 6.54 Å². The Balaban J connectivity index is 1.52. The number of hydrogen-bond acceptors (Lipinski definition) is 3. The van der Waals surface area contributed by atoms with Crippen molar-refractivity contribution in [2.75, 3.05) is 25.5 Å². The normalized spacial score (nSPS) is 27.0. The van der Waals surface area contributed by atoms with Gasteiger partial charge in [-0.25, -0.2) is 9.78 Å². The van der Waals surface area contributed by atoms with Gasteiger partial charge in [-0.2, -0.15) is 13.2 Å². The molecule has 1 spiro atoms. The number of carbonyl (C=O) groups excluding carboxylic acids is 1. The van der Waals surface area contributed by atoms with Gasteiger partial charge in [-0.15, -0.1) is 0 Å². The lowest BCUT2D eigenvalue weighted by Crippen LogP contribution is -2.54. The van der Waals surface area contributed by atoms with Gasteiger partial charge in [-0.3, -0.25) is 9.80 Å². The van der Waals surface area contributed by atoms with Crippen LogP contribution in [0.4, 0.5) is 23.8 Å². The van der Waals surface area contributed by atoms with E-state index in [0.717, 1.165) is 37.9 Å². The summed E-state index contributed by atoms with van der Waals surface area (Å²) in [6, 6.07) is 12.3. The van der Waals surface area contributed by atoms with Crippen LogP contribution in [-0.4, -0.2) is 42.1 Å². The summed E-state index contributed by atoms with van der Waals surface area (Å²) in [5, 5.41) is 3.10. The summed E-state index contributed by atoms with van der Waals surface area (Å²) >= 11 is 0. The van der Waals surface area contributed by atoms with Gasteiger partial charge in [0.2, 0.25) is 0 Å². The maximum Gasteiger partial charge on any atom is 0.417 e. The maximum atomic E-state index is 12.8. The Morgan fingerprint density at radius 1 is 1.03 bits per heavy atom. The van der Waals surface area contributed by atoms with Crippen LogP contribution in [0.3, 0.4) is 0 Å². The number of aromatic nitrogens is 1. The Labute approximate surface area is 173 Å². The van der Waals surface area contributed by atoms with Gasteiger partial charge in [-0.1, -0.05) is 30.3 Å². The minimum Gasteiger partial charge on any atom is -0.330 e. The molecular weight excluding hydrogens is 393 g/mol. The molecule has 1 aliphatic carbocycles. The van der Waals surface area contributed by atoms with Gasteiger partial charge in [-0.05, 0) is 57.5 Å². The van der Waals surface area contributed by atoms with Crippen molar-refractivity contribution >= 4 is 11.8 Å². The molecule has 160 valence electrons. The number of amides is 2. The SMILES string of the molecule is CN(C)C1(c2ccccc2)CCC2(CC1)CN(c1ccc(C(F)(F)F)cn1)C(=O)N2. The van der Waals surface area contributed by atoms with E-state index in [1.165, 1.54) is 16.5 Å². The highest BCUT2D eigenvalue weighted by Gasteiger charge is 2.50. The van der Waals surface area contributed by atoms with Crippen molar-refractivity contribution in [3.63, 3.8) is 0 Å². The number of pyridine rings is 1. The fourth-order valence-corrected chi connectivity index (χ4v) is 4.77. The van der Waals surface area contributed by atoms with E-state index in [-0.39, 0.29) is 17.4 Å². The first-order chi connectivity index (χ1) is 14.2. The highest BCUT2D eigenvalue weighted by atomic mass is 19.4. The third kappa shape index (κ3) is 3.53. The molecule has 2 aromatic rings. The van der Waals surface area contributed by atoms with E-state index in [9.17, 15) is 18.0 Å². The van der Waals surface area contributed by atoms with E-state index in [2.05, 4.69) is 41.4 Å². The molecule has 1 N–H and O–H groups in total. The molecule has 5 nitrogen and oxygen atoms in total. The summed E-state index contributed by atoms with van der Waals surface area (Å²) in [4.78, 5) is 20.2. The zero-order chi connectivity index (χ0) is 21.6. The molecule has 1 saturated carbocycles. The molecule has 1 aromatic carbocycles. The van der Waals surface area contributed by atoms with E-state index < -0.39 is 17.3 Å². The number of rotatable bonds is 3. The Bertz CT molecular complexity index is 904. The average molecular weight is 418 g/mol. The van der Waals surface area contributed by atoms with Crippen molar-refractivity contribution in [3.05, 3.63) is 59.8 Å². The first kappa shape index (κ1) is 20.7. The second-order valence-corrected chi connectivity index (χ2v) is 8.49. The zero-order valence-electron chi connectivity index (χ0n) is 17.0. The molecular formula is C22H25F3N4O.